The van der Waals surface area contributed by atoms with Gasteiger partial charge in [-0.2, -0.15) is 0 Å². The minimum Gasteiger partial charge on any atom is -0.464 e. The van der Waals surface area contributed by atoms with Crippen molar-refractivity contribution in [2.24, 2.45) is 5.73 Å². The molecule has 0 bridgehead atoms. The lowest BCUT2D eigenvalue weighted by atomic mass is 10.1. The zero-order chi connectivity index (χ0) is 14.4. The normalized spacial score (nSPS) is 12.2. The Morgan fingerprint density at radius 3 is 2.55 bits per heavy atom. The van der Waals surface area contributed by atoms with Crippen LogP contribution >= 0.6 is 0 Å². The summed E-state index contributed by atoms with van der Waals surface area (Å²) in [6.45, 7) is 2.24. The van der Waals surface area contributed by atoms with Gasteiger partial charge in [0.15, 0.2) is 18.4 Å². The van der Waals surface area contributed by atoms with Gasteiger partial charge in [-0.3, -0.25) is 0 Å². The van der Waals surface area contributed by atoms with Crippen LogP contribution in [0.2, 0.25) is 0 Å². The van der Waals surface area contributed by atoms with Gasteiger partial charge in [-0.15, -0.1) is 0 Å². The average molecular weight is 275 g/mol. The number of rotatable bonds is 6. The summed E-state index contributed by atoms with van der Waals surface area (Å²) in [5.74, 6) is -0.259. The molecule has 4 heteroatoms. The van der Waals surface area contributed by atoms with Crippen molar-refractivity contribution in [3.63, 3.8) is 0 Å². The zero-order valence-electron chi connectivity index (χ0n) is 11.4. The average Bonchev–Trinajstić information content (AvgIpc) is 2.46. The molecule has 1 atom stereocenters. The quantitative estimate of drug-likeness (QED) is 0.649. The van der Waals surface area contributed by atoms with Gasteiger partial charge in [0.25, 0.3) is 0 Å². The van der Waals surface area contributed by atoms with Crippen LogP contribution in [0, 0.1) is 5.82 Å². The lowest BCUT2D eigenvalue weighted by molar-refractivity contribution is 0.00301. The molecule has 2 N–H and O–H groups in total. The summed E-state index contributed by atoms with van der Waals surface area (Å²) >= 11 is 0. The maximum Gasteiger partial charge on any atom is 0.189 e. The highest BCUT2D eigenvalue weighted by atomic mass is 19.1. The van der Waals surface area contributed by atoms with E-state index in [1.165, 1.54) is 6.07 Å². The van der Waals surface area contributed by atoms with Crippen LogP contribution in [0.4, 0.5) is 4.39 Å². The number of hydrogen-bond donors (Lipinski definition) is 1. The second-order valence-corrected chi connectivity index (χ2v) is 4.57. The maximum absolute atomic E-state index is 13.7. The van der Waals surface area contributed by atoms with Crippen LogP contribution in [0.3, 0.4) is 0 Å². The van der Waals surface area contributed by atoms with Crippen LogP contribution in [0.25, 0.3) is 0 Å². The molecular weight excluding hydrogens is 257 g/mol. The van der Waals surface area contributed by atoms with E-state index < -0.39 is 5.82 Å². The molecule has 0 aliphatic heterocycles. The second kappa shape index (κ2) is 7.03. The zero-order valence-corrected chi connectivity index (χ0v) is 11.4. The van der Waals surface area contributed by atoms with E-state index in [0.29, 0.717) is 6.61 Å². The summed E-state index contributed by atoms with van der Waals surface area (Å²) in [5.41, 5.74) is 7.47. The lowest BCUT2D eigenvalue weighted by Crippen LogP contribution is -2.07. The van der Waals surface area contributed by atoms with Crippen LogP contribution in [-0.2, 0) is 11.3 Å². The first kappa shape index (κ1) is 14.5. The third-order valence-electron chi connectivity index (χ3n) is 2.89. The van der Waals surface area contributed by atoms with Crippen LogP contribution in [0.15, 0.2) is 48.5 Å². The Morgan fingerprint density at radius 2 is 1.90 bits per heavy atom. The molecule has 0 aliphatic rings. The van der Waals surface area contributed by atoms with Crippen LogP contribution in [0.5, 0.6) is 5.75 Å². The van der Waals surface area contributed by atoms with Gasteiger partial charge in [0.05, 0.1) is 6.61 Å². The summed E-state index contributed by atoms with van der Waals surface area (Å²) in [5, 5.41) is 0. The molecule has 106 valence electrons. The third kappa shape index (κ3) is 4.05. The summed E-state index contributed by atoms with van der Waals surface area (Å²) in [7, 11) is 0. The monoisotopic (exact) mass is 275 g/mol. The Balaban J connectivity index is 1.82. The second-order valence-electron chi connectivity index (χ2n) is 4.57. The highest BCUT2D eigenvalue weighted by molar-refractivity contribution is 5.30. The van der Waals surface area contributed by atoms with Gasteiger partial charge in [-0.25, -0.2) is 4.39 Å². The summed E-state index contributed by atoms with van der Waals surface area (Å²) < 4.78 is 24.3. The van der Waals surface area contributed by atoms with Crippen LogP contribution < -0.4 is 10.5 Å². The van der Waals surface area contributed by atoms with E-state index in [9.17, 15) is 4.39 Å². The van der Waals surface area contributed by atoms with Crippen molar-refractivity contribution < 1.29 is 13.9 Å². The van der Waals surface area contributed by atoms with Crippen molar-refractivity contribution in [3.8, 4) is 5.75 Å². The fraction of sp³-hybridized carbons (Fsp3) is 0.250. The van der Waals surface area contributed by atoms with Crippen molar-refractivity contribution >= 4 is 0 Å². The van der Waals surface area contributed by atoms with E-state index in [1.54, 1.807) is 19.1 Å². The minimum atomic E-state index is -0.428. The van der Waals surface area contributed by atoms with Gasteiger partial charge in [-0.1, -0.05) is 36.4 Å². The Kier molecular flexibility index (Phi) is 5.09. The summed E-state index contributed by atoms with van der Waals surface area (Å²) in [6, 6.07) is 14.2. The van der Waals surface area contributed by atoms with E-state index in [1.807, 2.05) is 30.3 Å². The molecule has 0 saturated heterocycles. The first-order chi connectivity index (χ1) is 9.66. The third-order valence-corrected chi connectivity index (χ3v) is 2.89. The maximum atomic E-state index is 13.7. The number of nitrogens with two attached hydrogens (primary N) is 1. The van der Waals surface area contributed by atoms with E-state index in [0.717, 1.165) is 11.1 Å². The fourth-order valence-corrected chi connectivity index (χ4v) is 1.76. The summed E-state index contributed by atoms with van der Waals surface area (Å²) in [4.78, 5) is 0. The molecule has 0 amide bonds. The van der Waals surface area contributed by atoms with Crippen molar-refractivity contribution in [1.29, 1.82) is 0 Å². The molecule has 3 nitrogen and oxygen atoms in total. The molecule has 2 aromatic rings. The number of hydrogen-bond acceptors (Lipinski definition) is 3. The number of benzene rings is 2. The van der Waals surface area contributed by atoms with E-state index in [4.69, 9.17) is 15.2 Å². The topological polar surface area (TPSA) is 44.5 Å². The molecule has 0 spiro atoms. The molecule has 20 heavy (non-hydrogen) atoms. The van der Waals surface area contributed by atoms with Gasteiger partial charge < -0.3 is 15.2 Å². The van der Waals surface area contributed by atoms with Crippen molar-refractivity contribution in [2.75, 3.05) is 6.79 Å². The Bertz CT molecular complexity index is 543. The molecule has 0 aromatic heterocycles. The van der Waals surface area contributed by atoms with Gasteiger partial charge in [-0.05, 0) is 30.2 Å². The Labute approximate surface area is 118 Å². The fourth-order valence-electron chi connectivity index (χ4n) is 1.76. The van der Waals surface area contributed by atoms with Gasteiger partial charge in [0.1, 0.15) is 0 Å². The molecule has 0 aliphatic carbocycles. The SMILES string of the molecule is C[C@@H](N)c1ccc(OCOCc2ccccc2)c(F)c1. The molecule has 2 rings (SSSR count). The molecular formula is C16H18FNO2. The molecule has 0 radical (unpaired) electrons. The molecule has 0 heterocycles. The molecule has 2 aromatic carbocycles. The number of halogens is 1. The molecule has 0 fully saturated rings. The number of ether oxygens (including phenoxy) is 2. The minimum absolute atomic E-state index is 0.00331. The van der Waals surface area contributed by atoms with Gasteiger partial charge in [0.2, 0.25) is 0 Å². The first-order valence-corrected chi connectivity index (χ1v) is 6.46. The van der Waals surface area contributed by atoms with Crippen molar-refractivity contribution in [2.45, 2.75) is 19.6 Å². The standard InChI is InChI=1S/C16H18FNO2/c1-12(18)14-7-8-16(15(17)9-14)20-11-19-10-13-5-3-2-4-6-13/h2-9,12H,10-11,18H2,1H3/t12-/m1/s1. The van der Waals surface area contributed by atoms with Gasteiger partial charge in [0, 0.05) is 6.04 Å². The first-order valence-electron chi connectivity index (χ1n) is 6.46. The van der Waals surface area contributed by atoms with Crippen molar-refractivity contribution in [3.05, 3.63) is 65.5 Å². The molecule has 0 unspecified atom stereocenters. The molecule has 0 saturated carbocycles. The van der Waals surface area contributed by atoms with Crippen LogP contribution in [-0.4, -0.2) is 6.79 Å². The predicted molar refractivity (Wildman–Crippen MR) is 75.7 cm³/mol. The van der Waals surface area contributed by atoms with Gasteiger partial charge >= 0.3 is 0 Å². The lowest BCUT2D eigenvalue weighted by Gasteiger charge is -2.10. The Morgan fingerprint density at radius 1 is 1.15 bits per heavy atom. The predicted octanol–water partition coefficient (Wildman–Crippen LogP) is 3.40. The van der Waals surface area contributed by atoms with E-state index >= 15 is 0 Å². The van der Waals surface area contributed by atoms with Crippen molar-refractivity contribution in [1.82, 2.24) is 0 Å². The highest BCUT2D eigenvalue weighted by Gasteiger charge is 2.07. The Hall–Kier alpha value is -1.91. The van der Waals surface area contributed by atoms with Crippen LogP contribution in [0.1, 0.15) is 24.1 Å². The highest BCUT2D eigenvalue weighted by Crippen LogP contribution is 2.21. The van der Waals surface area contributed by atoms with E-state index in [-0.39, 0.29) is 18.6 Å². The smallest absolute Gasteiger partial charge is 0.189 e. The summed E-state index contributed by atoms with van der Waals surface area (Å²) in [6.07, 6.45) is 0. The largest absolute Gasteiger partial charge is 0.464 e. The van der Waals surface area contributed by atoms with E-state index in [2.05, 4.69) is 0 Å².